The topological polar surface area (TPSA) is 38.7 Å². The molecule has 94 valence electrons. The summed E-state index contributed by atoms with van der Waals surface area (Å²) in [6.07, 6.45) is 8.35. The molecule has 19 heavy (non-hydrogen) atoms. The summed E-state index contributed by atoms with van der Waals surface area (Å²) < 4.78 is 0. The Labute approximate surface area is 116 Å². The first kappa shape index (κ1) is 12.1. The van der Waals surface area contributed by atoms with Gasteiger partial charge in [-0.25, -0.2) is 4.98 Å². The molecule has 0 saturated heterocycles. The zero-order valence-electron chi connectivity index (χ0n) is 10.3. The SMILES string of the molecule is Clc1nc(C2=CCCC=C2)nc(-c2ccccc2)n1. The fraction of sp³-hybridized carbons (Fsp3) is 0.133. The van der Waals surface area contributed by atoms with Crippen molar-refractivity contribution in [1.82, 2.24) is 15.0 Å². The molecule has 3 nitrogen and oxygen atoms in total. The Bertz CT molecular complexity index is 648. The van der Waals surface area contributed by atoms with Crippen LogP contribution in [0.5, 0.6) is 0 Å². The maximum absolute atomic E-state index is 6.01. The molecule has 4 heteroatoms. The van der Waals surface area contributed by atoms with Gasteiger partial charge in [-0.05, 0) is 24.4 Å². The number of rotatable bonds is 2. The number of hydrogen-bond donors (Lipinski definition) is 0. The highest BCUT2D eigenvalue weighted by molar-refractivity contribution is 6.28. The smallest absolute Gasteiger partial charge is 0.208 e. The summed E-state index contributed by atoms with van der Waals surface area (Å²) in [5.41, 5.74) is 1.95. The van der Waals surface area contributed by atoms with Gasteiger partial charge in [-0.15, -0.1) is 0 Å². The van der Waals surface area contributed by atoms with Crippen LogP contribution >= 0.6 is 11.6 Å². The van der Waals surface area contributed by atoms with Crippen LogP contribution in [0.1, 0.15) is 18.7 Å². The highest BCUT2D eigenvalue weighted by Gasteiger charge is 2.10. The van der Waals surface area contributed by atoms with Crippen molar-refractivity contribution in [2.24, 2.45) is 0 Å². The highest BCUT2D eigenvalue weighted by Crippen LogP contribution is 2.22. The van der Waals surface area contributed by atoms with Gasteiger partial charge in [-0.2, -0.15) is 9.97 Å². The summed E-state index contributed by atoms with van der Waals surface area (Å²) in [6, 6.07) is 9.78. The Balaban J connectivity index is 2.06. The van der Waals surface area contributed by atoms with Gasteiger partial charge >= 0.3 is 0 Å². The molecule has 1 heterocycles. The molecule has 0 unspecified atom stereocenters. The minimum atomic E-state index is 0.226. The van der Waals surface area contributed by atoms with E-state index in [9.17, 15) is 0 Å². The molecule has 0 N–H and O–H groups in total. The quantitative estimate of drug-likeness (QED) is 0.829. The zero-order valence-corrected chi connectivity index (χ0v) is 11.0. The van der Waals surface area contributed by atoms with Crippen molar-refractivity contribution in [3.05, 3.63) is 59.7 Å². The fourth-order valence-electron chi connectivity index (χ4n) is 1.97. The van der Waals surface area contributed by atoms with Crippen LogP contribution in [0.15, 0.2) is 48.6 Å². The van der Waals surface area contributed by atoms with Crippen LogP contribution in [0.25, 0.3) is 17.0 Å². The molecule has 1 aromatic carbocycles. The van der Waals surface area contributed by atoms with Gasteiger partial charge in [0.25, 0.3) is 0 Å². The van der Waals surface area contributed by atoms with Crippen LogP contribution < -0.4 is 0 Å². The van der Waals surface area contributed by atoms with Crippen molar-refractivity contribution >= 4 is 17.2 Å². The Morgan fingerprint density at radius 2 is 1.68 bits per heavy atom. The maximum Gasteiger partial charge on any atom is 0.226 e. The van der Waals surface area contributed by atoms with Gasteiger partial charge in [0.05, 0.1) is 0 Å². The molecule has 0 amide bonds. The average Bonchev–Trinajstić information content (AvgIpc) is 2.48. The van der Waals surface area contributed by atoms with Crippen molar-refractivity contribution in [3.63, 3.8) is 0 Å². The van der Waals surface area contributed by atoms with E-state index in [1.165, 1.54) is 0 Å². The van der Waals surface area contributed by atoms with Crippen molar-refractivity contribution in [2.45, 2.75) is 12.8 Å². The molecule has 0 saturated carbocycles. The second-order valence-corrected chi connectivity index (χ2v) is 4.59. The van der Waals surface area contributed by atoms with Gasteiger partial charge in [-0.3, -0.25) is 0 Å². The van der Waals surface area contributed by atoms with Gasteiger partial charge in [-0.1, -0.05) is 48.6 Å². The first-order valence-electron chi connectivity index (χ1n) is 6.17. The number of nitrogens with zero attached hydrogens (tertiary/aromatic N) is 3. The molecule has 0 fully saturated rings. The van der Waals surface area contributed by atoms with Gasteiger partial charge in [0.1, 0.15) is 0 Å². The van der Waals surface area contributed by atoms with Crippen molar-refractivity contribution in [2.75, 3.05) is 0 Å². The third-order valence-corrected chi connectivity index (χ3v) is 3.06. The van der Waals surface area contributed by atoms with E-state index >= 15 is 0 Å². The lowest BCUT2D eigenvalue weighted by Gasteiger charge is -2.07. The molecule has 0 bridgehead atoms. The Kier molecular flexibility index (Phi) is 3.38. The van der Waals surface area contributed by atoms with Gasteiger partial charge in [0.15, 0.2) is 11.6 Å². The molecule has 0 atom stereocenters. The summed E-state index contributed by atoms with van der Waals surface area (Å²) in [5, 5.41) is 0.226. The normalized spacial score (nSPS) is 14.3. The maximum atomic E-state index is 6.01. The second-order valence-electron chi connectivity index (χ2n) is 4.26. The Morgan fingerprint density at radius 1 is 0.895 bits per heavy atom. The van der Waals surface area contributed by atoms with E-state index in [-0.39, 0.29) is 5.28 Å². The third kappa shape index (κ3) is 2.71. The highest BCUT2D eigenvalue weighted by atomic mass is 35.5. The lowest BCUT2D eigenvalue weighted by atomic mass is 10.1. The minimum Gasteiger partial charge on any atom is -0.208 e. The first-order chi connectivity index (χ1) is 9.33. The lowest BCUT2D eigenvalue weighted by molar-refractivity contribution is 1.00. The summed E-state index contributed by atoms with van der Waals surface area (Å²) in [6.45, 7) is 0. The molecule has 0 aliphatic heterocycles. The molecular formula is C15H12ClN3. The Hall–Kier alpha value is -2.00. The average molecular weight is 270 g/mol. The lowest BCUT2D eigenvalue weighted by Crippen LogP contribution is -2.00. The van der Waals surface area contributed by atoms with Crippen molar-refractivity contribution in [1.29, 1.82) is 0 Å². The second kappa shape index (κ2) is 5.33. The predicted octanol–water partition coefficient (Wildman–Crippen LogP) is 3.93. The number of hydrogen-bond acceptors (Lipinski definition) is 3. The van der Waals surface area contributed by atoms with Crippen LogP contribution in [0.4, 0.5) is 0 Å². The van der Waals surface area contributed by atoms with E-state index in [1.807, 2.05) is 36.4 Å². The number of allylic oxidation sites excluding steroid dienone is 4. The predicted molar refractivity (Wildman–Crippen MR) is 76.6 cm³/mol. The van der Waals surface area contributed by atoms with E-state index in [0.717, 1.165) is 24.0 Å². The molecule has 2 aromatic rings. The zero-order chi connectivity index (χ0) is 13.1. The first-order valence-corrected chi connectivity index (χ1v) is 6.55. The molecular weight excluding hydrogens is 258 g/mol. The number of benzene rings is 1. The van der Waals surface area contributed by atoms with Crippen LogP contribution in [0.3, 0.4) is 0 Å². The van der Waals surface area contributed by atoms with E-state index in [0.29, 0.717) is 11.6 Å². The summed E-state index contributed by atoms with van der Waals surface area (Å²) in [4.78, 5) is 12.9. The monoisotopic (exact) mass is 269 g/mol. The number of aromatic nitrogens is 3. The molecule has 1 aliphatic rings. The molecule has 3 rings (SSSR count). The fourth-order valence-corrected chi connectivity index (χ4v) is 2.13. The van der Waals surface area contributed by atoms with E-state index in [1.54, 1.807) is 0 Å². The third-order valence-electron chi connectivity index (χ3n) is 2.89. The van der Waals surface area contributed by atoms with E-state index < -0.39 is 0 Å². The van der Waals surface area contributed by atoms with Crippen molar-refractivity contribution < 1.29 is 0 Å². The van der Waals surface area contributed by atoms with E-state index in [2.05, 4.69) is 27.1 Å². The molecule has 0 spiro atoms. The summed E-state index contributed by atoms with van der Waals surface area (Å²) >= 11 is 6.01. The van der Waals surface area contributed by atoms with Gasteiger partial charge in [0.2, 0.25) is 5.28 Å². The number of halogens is 1. The van der Waals surface area contributed by atoms with Crippen LogP contribution in [-0.2, 0) is 0 Å². The van der Waals surface area contributed by atoms with E-state index in [4.69, 9.17) is 11.6 Å². The van der Waals surface area contributed by atoms with Gasteiger partial charge in [0, 0.05) is 11.1 Å². The van der Waals surface area contributed by atoms with Crippen LogP contribution in [0, 0.1) is 0 Å². The van der Waals surface area contributed by atoms with Gasteiger partial charge < -0.3 is 0 Å². The molecule has 1 aromatic heterocycles. The minimum absolute atomic E-state index is 0.226. The van der Waals surface area contributed by atoms with Crippen LogP contribution in [0.2, 0.25) is 5.28 Å². The summed E-state index contributed by atoms with van der Waals surface area (Å²) in [5.74, 6) is 1.24. The summed E-state index contributed by atoms with van der Waals surface area (Å²) in [7, 11) is 0. The van der Waals surface area contributed by atoms with Crippen molar-refractivity contribution in [3.8, 4) is 11.4 Å². The molecule has 0 radical (unpaired) electrons. The largest absolute Gasteiger partial charge is 0.226 e. The standard InChI is InChI=1S/C15H12ClN3/c16-15-18-13(11-7-3-1-4-8-11)17-14(19-15)12-9-5-2-6-10-12/h1,3-5,7-10H,2,6H2. The van der Waals surface area contributed by atoms with Crippen LogP contribution in [-0.4, -0.2) is 15.0 Å². The Morgan fingerprint density at radius 3 is 2.42 bits per heavy atom. The molecule has 1 aliphatic carbocycles.